The maximum atomic E-state index is 13.7. The maximum absolute atomic E-state index is 13.7. The van der Waals surface area contributed by atoms with Gasteiger partial charge in [-0.3, -0.25) is 9.59 Å². The lowest BCUT2D eigenvalue weighted by molar-refractivity contribution is -0.143. The van der Waals surface area contributed by atoms with E-state index in [2.05, 4.69) is 5.32 Å². The lowest BCUT2D eigenvalue weighted by Crippen LogP contribution is -2.45. The first-order chi connectivity index (χ1) is 18.0. The number of rotatable bonds is 10. The number of benzene rings is 4. The molecule has 2 amide bonds. The number of carbonyl (C=O) groups excluding carboxylic acids is 2. The Kier molecular flexibility index (Phi) is 9.19. The van der Waals surface area contributed by atoms with E-state index in [4.69, 9.17) is 27.9 Å². The van der Waals surface area contributed by atoms with Crippen LogP contribution in [0.15, 0.2) is 109 Å². The molecule has 0 bridgehead atoms. The molecule has 1 N–H and O–H groups in total. The lowest BCUT2D eigenvalue weighted by atomic mass is 10.0. The number of hydrogen-bond acceptors (Lipinski definition) is 3. The molecule has 0 saturated carbocycles. The van der Waals surface area contributed by atoms with Crippen molar-refractivity contribution in [3.05, 3.63) is 136 Å². The van der Waals surface area contributed by atoms with Crippen molar-refractivity contribution in [3.63, 3.8) is 0 Å². The van der Waals surface area contributed by atoms with Crippen LogP contribution < -0.4 is 10.1 Å². The molecule has 0 aliphatic heterocycles. The summed E-state index contributed by atoms with van der Waals surface area (Å²) in [5.74, 6) is -0.282. The molecule has 0 heterocycles. The molecule has 0 fully saturated rings. The second kappa shape index (κ2) is 12.9. The number of ether oxygens (including phenoxy) is 1. The zero-order valence-electron chi connectivity index (χ0n) is 20.0. The van der Waals surface area contributed by atoms with Gasteiger partial charge in [0.05, 0.1) is 5.02 Å². The van der Waals surface area contributed by atoms with Gasteiger partial charge in [-0.1, -0.05) is 114 Å². The summed E-state index contributed by atoms with van der Waals surface area (Å²) in [6.45, 7) is 0.160. The topological polar surface area (TPSA) is 58.6 Å². The third kappa shape index (κ3) is 7.13. The number of nitrogens with one attached hydrogen (secondary N) is 1. The smallest absolute Gasteiger partial charge is 0.261 e. The van der Waals surface area contributed by atoms with Crippen molar-refractivity contribution in [2.45, 2.75) is 19.1 Å². The number of hydrogen-bond donors (Lipinski definition) is 1. The monoisotopic (exact) mass is 532 g/mol. The molecule has 0 aliphatic carbocycles. The van der Waals surface area contributed by atoms with E-state index in [9.17, 15) is 9.59 Å². The number of halogens is 2. The highest BCUT2D eigenvalue weighted by Gasteiger charge is 2.32. The van der Waals surface area contributed by atoms with E-state index in [0.29, 0.717) is 21.4 Å². The Bertz CT molecular complexity index is 1330. The molecule has 1 atom stereocenters. The van der Waals surface area contributed by atoms with Gasteiger partial charge in [0.15, 0.2) is 6.61 Å². The highest BCUT2D eigenvalue weighted by Crippen LogP contribution is 2.26. The molecule has 5 nitrogen and oxygen atoms in total. The van der Waals surface area contributed by atoms with Crippen molar-refractivity contribution < 1.29 is 14.3 Å². The fourth-order valence-corrected chi connectivity index (χ4v) is 4.31. The lowest BCUT2D eigenvalue weighted by Gasteiger charge is -2.31. The van der Waals surface area contributed by atoms with E-state index in [-0.39, 0.29) is 31.5 Å². The molecule has 4 aromatic carbocycles. The van der Waals surface area contributed by atoms with Gasteiger partial charge in [0.25, 0.3) is 5.91 Å². The van der Waals surface area contributed by atoms with E-state index < -0.39 is 6.04 Å². The van der Waals surface area contributed by atoms with Crippen molar-refractivity contribution in [3.8, 4) is 5.75 Å². The Hall–Kier alpha value is -3.80. The Morgan fingerprint density at radius 3 is 2.03 bits per heavy atom. The minimum atomic E-state index is -0.897. The fourth-order valence-electron chi connectivity index (χ4n) is 3.92. The van der Waals surface area contributed by atoms with Gasteiger partial charge < -0.3 is 15.0 Å². The Balaban J connectivity index is 1.63. The van der Waals surface area contributed by atoms with E-state index in [1.807, 2.05) is 78.9 Å². The average Bonchev–Trinajstić information content (AvgIpc) is 2.93. The third-order valence-electron chi connectivity index (χ3n) is 5.79. The van der Waals surface area contributed by atoms with Crippen molar-refractivity contribution >= 4 is 35.0 Å². The van der Waals surface area contributed by atoms with Gasteiger partial charge in [-0.05, 0) is 34.9 Å². The molecule has 0 spiro atoms. The first-order valence-electron chi connectivity index (χ1n) is 11.8. The summed E-state index contributed by atoms with van der Waals surface area (Å²) in [6, 6.07) is 32.1. The SMILES string of the molecule is O=C(NCc1ccccc1Cl)[C@@H](c1ccccc1)N(Cc1ccccc1)C(=O)COc1ccccc1Cl. The molecule has 0 radical (unpaired) electrons. The van der Waals surface area contributed by atoms with E-state index in [1.165, 1.54) is 4.90 Å². The van der Waals surface area contributed by atoms with Crippen molar-refractivity contribution in [2.75, 3.05) is 6.61 Å². The number of amides is 2. The molecule has 0 saturated heterocycles. The van der Waals surface area contributed by atoms with Crippen LogP contribution in [-0.2, 0) is 22.7 Å². The highest BCUT2D eigenvalue weighted by molar-refractivity contribution is 6.32. The standard InChI is InChI=1S/C30H26Cl2N2O3/c31-25-16-8-7-15-24(25)19-33-30(36)29(23-13-5-2-6-14-23)34(20-22-11-3-1-4-12-22)28(35)21-37-27-18-10-9-17-26(27)32/h1-18,29H,19-21H2,(H,33,36)/t29-/m1/s1. The van der Waals surface area contributed by atoms with Gasteiger partial charge in [-0.2, -0.15) is 0 Å². The number of nitrogens with zero attached hydrogens (tertiary/aromatic N) is 1. The van der Waals surface area contributed by atoms with Crippen LogP contribution in [0.25, 0.3) is 0 Å². The molecule has 7 heteroatoms. The summed E-state index contributed by atoms with van der Waals surface area (Å²) in [5, 5.41) is 3.93. The first kappa shape index (κ1) is 26.3. The minimum Gasteiger partial charge on any atom is -0.482 e. The molecule has 0 aliphatic rings. The molecule has 4 rings (SSSR count). The second-order valence-electron chi connectivity index (χ2n) is 8.35. The van der Waals surface area contributed by atoms with Gasteiger partial charge in [0, 0.05) is 18.1 Å². The molecule has 4 aromatic rings. The zero-order valence-corrected chi connectivity index (χ0v) is 21.5. The number of carbonyl (C=O) groups is 2. The molecule has 0 aromatic heterocycles. The van der Waals surface area contributed by atoms with E-state index >= 15 is 0 Å². The van der Waals surface area contributed by atoms with Crippen LogP contribution in [0.1, 0.15) is 22.7 Å². The summed E-state index contributed by atoms with van der Waals surface area (Å²) >= 11 is 12.5. The summed E-state index contributed by atoms with van der Waals surface area (Å²) in [5.41, 5.74) is 2.35. The van der Waals surface area contributed by atoms with E-state index in [1.54, 1.807) is 30.3 Å². The van der Waals surface area contributed by atoms with Crippen LogP contribution in [0, 0.1) is 0 Å². The zero-order chi connectivity index (χ0) is 26.0. The highest BCUT2D eigenvalue weighted by atomic mass is 35.5. The Morgan fingerprint density at radius 2 is 1.35 bits per heavy atom. The summed E-state index contributed by atoms with van der Waals surface area (Å²) < 4.78 is 5.76. The largest absolute Gasteiger partial charge is 0.482 e. The summed E-state index contributed by atoms with van der Waals surface area (Å²) in [6.07, 6.45) is 0. The first-order valence-corrected chi connectivity index (χ1v) is 12.6. The van der Waals surface area contributed by atoms with Crippen LogP contribution in [-0.4, -0.2) is 23.3 Å². The van der Waals surface area contributed by atoms with Crippen LogP contribution in [0.5, 0.6) is 5.75 Å². The van der Waals surface area contributed by atoms with Crippen LogP contribution in [0.4, 0.5) is 0 Å². The van der Waals surface area contributed by atoms with Crippen LogP contribution in [0.2, 0.25) is 10.0 Å². The summed E-state index contributed by atoms with van der Waals surface area (Å²) in [4.78, 5) is 28.9. The van der Waals surface area contributed by atoms with Crippen LogP contribution in [0.3, 0.4) is 0 Å². The predicted octanol–water partition coefficient (Wildman–Crippen LogP) is 6.46. The Labute approximate surface area is 226 Å². The van der Waals surface area contributed by atoms with Crippen molar-refractivity contribution in [2.24, 2.45) is 0 Å². The van der Waals surface area contributed by atoms with Crippen LogP contribution >= 0.6 is 23.2 Å². The molecule has 188 valence electrons. The van der Waals surface area contributed by atoms with Crippen molar-refractivity contribution in [1.29, 1.82) is 0 Å². The molecular weight excluding hydrogens is 507 g/mol. The number of para-hydroxylation sites is 1. The average molecular weight is 533 g/mol. The maximum Gasteiger partial charge on any atom is 0.261 e. The normalized spacial score (nSPS) is 11.4. The fraction of sp³-hybridized carbons (Fsp3) is 0.133. The second-order valence-corrected chi connectivity index (χ2v) is 9.16. The molecule has 37 heavy (non-hydrogen) atoms. The third-order valence-corrected chi connectivity index (χ3v) is 6.47. The Morgan fingerprint density at radius 1 is 0.757 bits per heavy atom. The van der Waals surface area contributed by atoms with Gasteiger partial charge in [0.2, 0.25) is 5.91 Å². The van der Waals surface area contributed by atoms with E-state index in [0.717, 1.165) is 11.1 Å². The van der Waals surface area contributed by atoms with Gasteiger partial charge in [0.1, 0.15) is 11.8 Å². The molecule has 0 unspecified atom stereocenters. The quantitative estimate of drug-likeness (QED) is 0.255. The van der Waals surface area contributed by atoms with Gasteiger partial charge >= 0.3 is 0 Å². The molecular formula is C30H26Cl2N2O3. The van der Waals surface area contributed by atoms with Gasteiger partial charge in [-0.25, -0.2) is 0 Å². The minimum absolute atomic E-state index is 0.213. The van der Waals surface area contributed by atoms with Crippen molar-refractivity contribution in [1.82, 2.24) is 10.2 Å². The van der Waals surface area contributed by atoms with Gasteiger partial charge in [-0.15, -0.1) is 0 Å². The summed E-state index contributed by atoms with van der Waals surface area (Å²) in [7, 11) is 0. The predicted molar refractivity (Wildman–Crippen MR) is 146 cm³/mol.